The van der Waals surface area contributed by atoms with Crippen molar-refractivity contribution in [1.29, 1.82) is 0 Å². The van der Waals surface area contributed by atoms with E-state index in [0.717, 1.165) is 0 Å². The van der Waals surface area contributed by atoms with Crippen molar-refractivity contribution in [2.75, 3.05) is 0 Å². The van der Waals surface area contributed by atoms with Crippen molar-refractivity contribution in [2.45, 2.75) is 127 Å². The molecule has 1 atom stereocenters. The molecule has 0 aromatic heterocycles. The first kappa shape index (κ1) is 24.0. The quantitative estimate of drug-likeness (QED) is 0.504. The average Bonchev–Trinajstić information content (AvgIpc) is 2.17. The van der Waals surface area contributed by atoms with Crippen LogP contribution in [0.5, 0.6) is 0 Å². The zero-order chi connectivity index (χ0) is 19.9. The Morgan fingerprint density at radius 3 is 1.25 bits per heavy atom. The summed E-state index contributed by atoms with van der Waals surface area (Å²) in [6, 6.07) is 0.532. The molecule has 0 aromatic carbocycles. The lowest BCUT2D eigenvalue weighted by molar-refractivity contribution is -0.129. The number of hydrogen-bond acceptors (Lipinski definition) is 1. The Balaban J connectivity index is 6.42. The van der Waals surface area contributed by atoms with Gasteiger partial charge in [-0.05, 0) is 56.3 Å². The summed E-state index contributed by atoms with van der Waals surface area (Å²) in [7, 11) is 0. The van der Waals surface area contributed by atoms with Crippen LogP contribution in [-0.2, 0) is 0 Å². The van der Waals surface area contributed by atoms with Gasteiger partial charge in [0.15, 0.2) is 0 Å². The van der Waals surface area contributed by atoms with Gasteiger partial charge in [-0.2, -0.15) is 0 Å². The van der Waals surface area contributed by atoms with Gasteiger partial charge in [0.05, 0.1) is 0 Å². The Morgan fingerprint density at radius 2 is 1.04 bits per heavy atom. The summed E-state index contributed by atoms with van der Waals surface area (Å²) in [5.41, 5.74) is 1.00. The van der Waals surface area contributed by atoms with Gasteiger partial charge in [-0.3, -0.25) is 4.90 Å². The van der Waals surface area contributed by atoms with Crippen LogP contribution in [0.4, 0.5) is 0 Å². The topological polar surface area (TPSA) is 3.24 Å². The third kappa shape index (κ3) is 5.75. The molecule has 0 amide bonds. The van der Waals surface area contributed by atoms with Crippen LogP contribution >= 0.6 is 0 Å². The largest absolute Gasteiger partial charge is 0.289 e. The molecule has 0 fully saturated rings. The third-order valence-electron chi connectivity index (χ3n) is 5.85. The van der Waals surface area contributed by atoms with E-state index < -0.39 is 0 Å². The summed E-state index contributed by atoms with van der Waals surface area (Å²) in [4.78, 5) is 2.88. The highest BCUT2D eigenvalue weighted by Gasteiger charge is 2.51. The molecule has 24 heavy (non-hydrogen) atoms. The maximum Gasteiger partial charge on any atom is 0.0210 e. The van der Waals surface area contributed by atoms with Gasteiger partial charge in [0, 0.05) is 17.1 Å². The Morgan fingerprint density at radius 1 is 0.667 bits per heavy atom. The molecule has 0 aliphatic rings. The standard InChI is InChI=1S/C23H49N/c1-17(2)18(20(6,7)8)24(23(14,15)21(9,10)11)22(12,13)16-19(3,4)5/h17-18H,16H2,1-15H3. The summed E-state index contributed by atoms with van der Waals surface area (Å²) in [6.45, 7) is 36.2. The van der Waals surface area contributed by atoms with Crippen molar-refractivity contribution in [1.82, 2.24) is 4.90 Å². The first-order valence-electron chi connectivity index (χ1n) is 9.94. The first-order valence-corrected chi connectivity index (χ1v) is 9.94. The molecule has 0 N–H and O–H groups in total. The maximum atomic E-state index is 2.88. The second-order valence-electron chi connectivity index (χ2n) is 12.8. The highest BCUT2D eigenvalue weighted by Crippen LogP contribution is 2.48. The molecule has 0 aliphatic carbocycles. The molecule has 0 bridgehead atoms. The molecule has 0 saturated heterocycles. The molecule has 0 heterocycles. The van der Waals surface area contributed by atoms with Gasteiger partial charge in [0.2, 0.25) is 0 Å². The van der Waals surface area contributed by atoms with E-state index in [0.29, 0.717) is 17.4 Å². The summed E-state index contributed by atoms with van der Waals surface area (Å²) >= 11 is 0. The summed E-state index contributed by atoms with van der Waals surface area (Å²) in [5, 5.41) is 0. The molecule has 0 saturated carbocycles. The van der Waals surface area contributed by atoms with Crippen LogP contribution in [0.15, 0.2) is 0 Å². The molecule has 1 unspecified atom stereocenters. The SMILES string of the molecule is CC(C)C(N(C(C)(C)CC(C)(C)C)C(C)(C)C(C)(C)C)C(C)(C)C. The lowest BCUT2D eigenvalue weighted by Crippen LogP contribution is -2.68. The zero-order valence-corrected chi connectivity index (χ0v) is 19.8. The van der Waals surface area contributed by atoms with E-state index in [1.807, 2.05) is 0 Å². The van der Waals surface area contributed by atoms with E-state index in [1.54, 1.807) is 0 Å². The molecule has 1 nitrogen and oxygen atoms in total. The van der Waals surface area contributed by atoms with E-state index in [1.165, 1.54) is 6.42 Å². The predicted molar refractivity (Wildman–Crippen MR) is 112 cm³/mol. The Labute approximate surface area is 155 Å². The van der Waals surface area contributed by atoms with E-state index in [9.17, 15) is 0 Å². The van der Waals surface area contributed by atoms with Gasteiger partial charge in [0.1, 0.15) is 0 Å². The number of rotatable bonds is 5. The second-order valence-corrected chi connectivity index (χ2v) is 12.8. The van der Waals surface area contributed by atoms with Gasteiger partial charge >= 0.3 is 0 Å². The van der Waals surface area contributed by atoms with Crippen LogP contribution in [0.3, 0.4) is 0 Å². The normalized spacial score (nSPS) is 16.9. The van der Waals surface area contributed by atoms with Crippen LogP contribution in [0.1, 0.15) is 110 Å². The summed E-state index contributed by atoms with van der Waals surface area (Å²) < 4.78 is 0. The van der Waals surface area contributed by atoms with E-state index >= 15 is 0 Å². The van der Waals surface area contributed by atoms with Crippen molar-refractivity contribution in [2.24, 2.45) is 22.2 Å². The van der Waals surface area contributed by atoms with E-state index in [2.05, 4.69) is 109 Å². The molecular weight excluding hydrogens is 290 g/mol. The van der Waals surface area contributed by atoms with Crippen molar-refractivity contribution < 1.29 is 0 Å². The smallest absolute Gasteiger partial charge is 0.0210 e. The number of hydrogen-bond donors (Lipinski definition) is 0. The number of nitrogens with zero attached hydrogens (tertiary/aromatic N) is 1. The lowest BCUT2D eigenvalue weighted by Gasteiger charge is -2.62. The van der Waals surface area contributed by atoms with Gasteiger partial charge in [-0.25, -0.2) is 0 Å². The minimum Gasteiger partial charge on any atom is -0.289 e. The average molecular weight is 340 g/mol. The van der Waals surface area contributed by atoms with Crippen LogP contribution < -0.4 is 0 Å². The lowest BCUT2D eigenvalue weighted by atomic mass is 9.66. The molecule has 0 spiro atoms. The molecule has 0 radical (unpaired) electrons. The minimum absolute atomic E-state index is 0.101. The first-order chi connectivity index (χ1) is 10.1. The van der Waals surface area contributed by atoms with Gasteiger partial charge < -0.3 is 0 Å². The highest BCUT2D eigenvalue weighted by molar-refractivity contribution is 5.05. The fourth-order valence-electron chi connectivity index (χ4n) is 4.91. The van der Waals surface area contributed by atoms with Crippen LogP contribution in [0, 0.1) is 22.2 Å². The van der Waals surface area contributed by atoms with E-state index in [-0.39, 0.29) is 21.9 Å². The molecule has 1 heteroatoms. The fourth-order valence-corrected chi connectivity index (χ4v) is 4.91. The van der Waals surface area contributed by atoms with Gasteiger partial charge in [0.25, 0.3) is 0 Å². The van der Waals surface area contributed by atoms with Crippen molar-refractivity contribution >= 4 is 0 Å². The predicted octanol–water partition coefficient (Wildman–Crippen LogP) is 7.40. The zero-order valence-electron chi connectivity index (χ0n) is 19.8. The fraction of sp³-hybridized carbons (Fsp3) is 1.00. The molecular formula is C23H49N. The minimum atomic E-state index is 0.101. The second kappa shape index (κ2) is 6.93. The van der Waals surface area contributed by atoms with Crippen molar-refractivity contribution in [3.63, 3.8) is 0 Å². The third-order valence-corrected chi connectivity index (χ3v) is 5.85. The Kier molecular flexibility index (Phi) is 6.92. The van der Waals surface area contributed by atoms with Crippen LogP contribution in [0.25, 0.3) is 0 Å². The van der Waals surface area contributed by atoms with Crippen molar-refractivity contribution in [3.8, 4) is 0 Å². The van der Waals surface area contributed by atoms with Gasteiger partial charge in [-0.15, -0.1) is 0 Å². The monoisotopic (exact) mass is 339 g/mol. The van der Waals surface area contributed by atoms with Crippen molar-refractivity contribution in [3.05, 3.63) is 0 Å². The van der Waals surface area contributed by atoms with Gasteiger partial charge in [-0.1, -0.05) is 76.2 Å². The molecule has 0 aliphatic heterocycles. The summed E-state index contributed by atoms with van der Waals surface area (Å²) in [5.74, 6) is 0.617. The van der Waals surface area contributed by atoms with Crippen LogP contribution in [0.2, 0.25) is 0 Å². The summed E-state index contributed by atoms with van der Waals surface area (Å²) in [6.07, 6.45) is 1.19. The highest BCUT2D eigenvalue weighted by atomic mass is 15.3. The molecule has 0 rings (SSSR count). The molecule has 0 aromatic rings. The molecule has 146 valence electrons. The maximum absolute atomic E-state index is 2.88. The Hall–Kier alpha value is -0.0400. The van der Waals surface area contributed by atoms with E-state index in [4.69, 9.17) is 0 Å². The Bertz CT molecular complexity index is 393. The van der Waals surface area contributed by atoms with Crippen LogP contribution in [-0.4, -0.2) is 22.0 Å².